The zero-order valence-corrected chi connectivity index (χ0v) is 14.6. The van der Waals surface area contributed by atoms with Gasteiger partial charge in [-0.2, -0.15) is 0 Å². The van der Waals surface area contributed by atoms with Gasteiger partial charge < -0.3 is 0 Å². The number of thiophene rings is 1. The molecular weight excluding hydrogens is 340 g/mol. The summed E-state index contributed by atoms with van der Waals surface area (Å²) >= 11 is 6.10. The molecule has 1 aromatic heterocycles. The van der Waals surface area contributed by atoms with Crippen LogP contribution < -0.4 is 0 Å². The Hall–Kier alpha value is -0.340. The first-order chi connectivity index (χ1) is 10.2. The van der Waals surface area contributed by atoms with Crippen LogP contribution >= 0.6 is 27.3 Å². The van der Waals surface area contributed by atoms with Crippen molar-refractivity contribution in [3.8, 4) is 0 Å². The molecule has 21 heavy (non-hydrogen) atoms. The summed E-state index contributed by atoms with van der Waals surface area (Å²) in [4.78, 5) is 0.564. The lowest BCUT2D eigenvalue weighted by Gasteiger charge is -2.58. The number of fused-ring (bicyclic) bond motifs is 1. The average Bonchev–Trinajstić information content (AvgIpc) is 2.89. The standard InChI is InChI=1S/C19H21BrS/c20-18(16-11-21-17-4-2-1-3-15(16)17)19-8-12-5-13(9-19)7-14(6-12)10-19/h1-4,11-14,18H,5-10H2. The molecule has 2 aromatic rings. The highest BCUT2D eigenvalue weighted by Crippen LogP contribution is 2.66. The average molecular weight is 361 g/mol. The molecule has 0 radical (unpaired) electrons. The van der Waals surface area contributed by atoms with Crippen molar-refractivity contribution in [1.29, 1.82) is 0 Å². The van der Waals surface area contributed by atoms with Crippen molar-refractivity contribution in [3.63, 3.8) is 0 Å². The summed E-state index contributed by atoms with van der Waals surface area (Å²) in [6.07, 6.45) is 9.01. The van der Waals surface area contributed by atoms with E-state index in [0.717, 1.165) is 17.8 Å². The Labute approximate surface area is 139 Å². The van der Waals surface area contributed by atoms with E-state index in [2.05, 4.69) is 45.6 Å². The molecule has 2 heteroatoms. The summed E-state index contributed by atoms with van der Waals surface area (Å²) in [6.45, 7) is 0. The van der Waals surface area contributed by atoms with Crippen LogP contribution in [0.4, 0.5) is 0 Å². The molecule has 0 nitrogen and oxygen atoms in total. The number of rotatable bonds is 2. The van der Waals surface area contributed by atoms with Crippen LogP contribution in [-0.2, 0) is 0 Å². The molecule has 6 rings (SSSR count). The molecule has 0 saturated heterocycles. The van der Waals surface area contributed by atoms with Crippen LogP contribution in [0.1, 0.15) is 48.9 Å². The highest BCUT2D eigenvalue weighted by Gasteiger charge is 2.54. The quantitative estimate of drug-likeness (QED) is 0.532. The number of benzene rings is 1. The molecule has 0 N–H and O–H groups in total. The normalized spacial score (nSPS) is 39.0. The van der Waals surface area contributed by atoms with Gasteiger partial charge in [0.2, 0.25) is 0 Å². The predicted octanol–water partition coefficient (Wildman–Crippen LogP) is 6.55. The fourth-order valence-corrected chi connectivity index (χ4v) is 8.11. The fraction of sp³-hybridized carbons (Fsp3) is 0.579. The number of alkyl halides is 1. The topological polar surface area (TPSA) is 0 Å². The third kappa shape index (κ3) is 1.91. The Balaban J connectivity index is 1.57. The Morgan fingerprint density at radius 2 is 1.62 bits per heavy atom. The van der Waals surface area contributed by atoms with Gasteiger partial charge in [0.25, 0.3) is 0 Å². The molecule has 110 valence electrons. The second-order valence-corrected chi connectivity index (χ2v) is 9.66. The summed E-state index contributed by atoms with van der Waals surface area (Å²) < 4.78 is 1.45. The smallest absolute Gasteiger partial charge is 0.0466 e. The third-order valence-electron chi connectivity index (χ3n) is 6.41. The minimum atomic E-state index is 0.554. The van der Waals surface area contributed by atoms with Crippen LogP contribution in [0.25, 0.3) is 10.1 Å². The first-order valence-corrected chi connectivity index (χ1v) is 10.1. The van der Waals surface area contributed by atoms with Gasteiger partial charge in [-0.3, -0.25) is 0 Å². The van der Waals surface area contributed by atoms with Crippen molar-refractivity contribution >= 4 is 37.4 Å². The maximum Gasteiger partial charge on any atom is 0.0466 e. The van der Waals surface area contributed by atoms with Crippen LogP contribution in [0.5, 0.6) is 0 Å². The van der Waals surface area contributed by atoms with Gasteiger partial charge in [0.05, 0.1) is 0 Å². The summed E-state index contributed by atoms with van der Waals surface area (Å²) in [5, 5.41) is 3.91. The minimum Gasteiger partial charge on any atom is -0.143 e. The third-order valence-corrected chi connectivity index (χ3v) is 8.85. The van der Waals surface area contributed by atoms with E-state index in [1.54, 1.807) is 5.56 Å². The van der Waals surface area contributed by atoms with Crippen molar-refractivity contribution < 1.29 is 0 Å². The molecule has 0 amide bonds. The van der Waals surface area contributed by atoms with Gasteiger partial charge >= 0.3 is 0 Å². The molecule has 1 heterocycles. The van der Waals surface area contributed by atoms with Gasteiger partial charge in [0.1, 0.15) is 0 Å². The molecular formula is C19H21BrS. The second-order valence-electron chi connectivity index (χ2n) is 7.83. The second kappa shape index (κ2) is 4.58. The van der Waals surface area contributed by atoms with Crippen molar-refractivity contribution in [3.05, 3.63) is 35.2 Å². The molecule has 4 saturated carbocycles. The molecule has 4 fully saturated rings. The maximum absolute atomic E-state index is 4.18. The zero-order chi connectivity index (χ0) is 14.0. The van der Waals surface area contributed by atoms with Gasteiger partial charge in [0.15, 0.2) is 0 Å². The molecule has 1 unspecified atom stereocenters. The van der Waals surface area contributed by atoms with E-state index >= 15 is 0 Å². The van der Waals surface area contributed by atoms with E-state index in [4.69, 9.17) is 0 Å². The van der Waals surface area contributed by atoms with Gasteiger partial charge in [-0.05, 0) is 84.1 Å². The highest BCUT2D eigenvalue weighted by molar-refractivity contribution is 9.09. The van der Waals surface area contributed by atoms with Gasteiger partial charge in [-0.15, -0.1) is 11.3 Å². The van der Waals surface area contributed by atoms with Crippen molar-refractivity contribution in [2.24, 2.45) is 23.2 Å². The molecule has 1 atom stereocenters. The Morgan fingerprint density at radius 3 is 2.29 bits per heavy atom. The first-order valence-electron chi connectivity index (χ1n) is 8.34. The molecule has 4 aliphatic rings. The van der Waals surface area contributed by atoms with Crippen LogP contribution in [0.15, 0.2) is 29.6 Å². The monoisotopic (exact) mass is 360 g/mol. The molecule has 4 aliphatic carbocycles. The van der Waals surface area contributed by atoms with Crippen molar-refractivity contribution in [2.45, 2.75) is 43.4 Å². The van der Waals surface area contributed by atoms with Gasteiger partial charge in [0, 0.05) is 9.53 Å². The SMILES string of the molecule is BrC(c1csc2ccccc12)C12CC3CC(CC(C3)C1)C2. The van der Waals surface area contributed by atoms with Crippen LogP contribution in [0.3, 0.4) is 0 Å². The van der Waals surface area contributed by atoms with E-state index in [1.807, 2.05) is 11.3 Å². The molecule has 0 aliphatic heterocycles. The Bertz CT molecular complexity index is 650. The lowest BCUT2D eigenvalue weighted by Crippen LogP contribution is -2.47. The van der Waals surface area contributed by atoms with Crippen LogP contribution in [0.2, 0.25) is 0 Å². The van der Waals surface area contributed by atoms with E-state index in [9.17, 15) is 0 Å². The minimum absolute atomic E-state index is 0.554. The van der Waals surface area contributed by atoms with Crippen LogP contribution in [-0.4, -0.2) is 0 Å². The van der Waals surface area contributed by atoms with Gasteiger partial charge in [-0.1, -0.05) is 34.1 Å². The zero-order valence-electron chi connectivity index (χ0n) is 12.2. The lowest BCUT2D eigenvalue weighted by molar-refractivity contribution is -0.0526. The molecule has 0 spiro atoms. The van der Waals surface area contributed by atoms with Crippen LogP contribution in [0, 0.1) is 23.2 Å². The van der Waals surface area contributed by atoms with E-state index in [1.165, 1.54) is 48.6 Å². The van der Waals surface area contributed by atoms with E-state index < -0.39 is 0 Å². The highest BCUT2D eigenvalue weighted by atomic mass is 79.9. The predicted molar refractivity (Wildman–Crippen MR) is 94.1 cm³/mol. The molecule has 4 bridgehead atoms. The van der Waals surface area contributed by atoms with Gasteiger partial charge in [-0.25, -0.2) is 0 Å². The lowest BCUT2D eigenvalue weighted by atomic mass is 9.48. The van der Waals surface area contributed by atoms with Crippen molar-refractivity contribution in [1.82, 2.24) is 0 Å². The number of hydrogen-bond donors (Lipinski definition) is 0. The Morgan fingerprint density at radius 1 is 1.00 bits per heavy atom. The van der Waals surface area contributed by atoms with E-state index in [0.29, 0.717) is 10.2 Å². The number of halogens is 1. The summed E-state index contributed by atoms with van der Waals surface area (Å²) in [5.74, 6) is 3.09. The summed E-state index contributed by atoms with van der Waals surface area (Å²) in [7, 11) is 0. The fourth-order valence-electron chi connectivity index (χ4n) is 6.01. The first kappa shape index (κ1) is 13.1. The largest absolute Gasteiger partial charge is 0.143 e. The molecule has 1 aromatic carbocycles. The Kier molecular flexibility index (Phi) is 2.86. The maximum atomic E-state index is 4.18. The van der Waals surface area contributed by atoms with Crippen molar-refractivity contribution in [2.75, 3.05) is 0 Å². The number of hydrogen-bond acceptors (Lipinski definition) is 1. The summed E-state index contributed by atoms with van der Waals surface area (Å²) in [5.41, 5.74) is 2.12. The summed E-state index contributed by atoms with van der Waals surface area (Å²) in [6, 6.07) is 8.94. The van der Waals surface area contributed by atoms with E-state index in [-0.39, 0.29) is 0 Å².